The van der Waals surface area contributed by atoms with Crippen LogP contribution in [0.5, 0.6) is 0 Å². The fourth-order valence-electron chi connectivity index (χ4n) is 3.61. The molecule has 1 saturated heterocycles. The first-order valence-corrected chi connectivity index (χ1v) is 10.5. The predicted molar refractivity (Wildman–Crippen MR) is 102 cm³/mol. The van der Waals surface area contributed by atoms with Crippen LogP contribution in [0.1, 0.15) is 19.3 Å². The van der Waals surface area contributed by atoms with Crippen LogP contribution in [0.3, 0.4) is 0 Å². The van der Waals surface area contributed by atoms with E-state index in [2.05, 4.69) is 0 Å². The number of allylic oxidation sites excluding steroid dienone is 4. The summed E-state index contributed by atoms with van der Waals surface area (Å²) in [7, 11) is -4.14. The normalized spacial score (nSPS) is 21.3. The van der Waals surface area contributed by atoms with Crippen molar-refractivity contribution in [2.75, 3.05) is 13.1 Å². The van der Waals surface area contributed by atoms with Gasteiger partial charge >= 0.3 is 0 Å². The molecule has 1 unspecified atom stereocenters. The summed E-state index contributed by atoms with van der Waals surface area (Å²) in [5.74, 6) is 0.257. The summed E-state index contributed by atoms with van der Waals surface area (Å²) in [5, 5.41) is 22.9. The Morgan fingerprint density at radius 2 is 1.79 bits per heavy atom. The average Bonchev–Trinajstić information content (AvgIpc) is 2.68. The summed E-state index contributed by atoms with van der Waals surface area (Å²) >= 11 is 6.28. The number of rotatable bonds is 5. The van der Waals surface area contributed by atoms with Gasteiger partial charge in [-0.3, -0.25) is 20.2 Å². The second-order valence-corrected chi connectivity index (χ2v) is 9.03. The van der Waals surface area contributed by atoms with Gasteiger partial charge in [0.2, 0.25) is 10.0 Å². The number of hydrogen-bond donors (Lipinski definition) is 0. The second-order valence-electron chi connectivity index (χ2n) is 6.69. The number of non-ortho nitro benzene ring substituents is 1. The maximum atomic E-state index is 12.9. The first kappa shape index (κ1) is 20.4. The molecule has 1 atom stereocenters. The zero-order valence-electron chi connectivity index (χ0n) is 14.7. The third-order valence-electron chi connectivity index (χ3n) is 5.09. The standard InChI is InChI=1S/C17H18ClN3O6S/c18-15-4-2-1-3-14(15)12-7-9-19(10-8-12)28(26,27)17-6-5-13(20(22)23)11-16(17)21(24)25/h1,3-6,11-12,14H,2,7-10H2. The molecule has 1 aliphatic carbocycles. The van der Waals surface area contributed by atoms with Gasteiger partial charge in [-0.15, -0.1) is 0 Å². The summed E-state index contributed by atoms with van der Waals surface area (Å²) in [6.45, 7) is 0.408. The number of nitrogens with zero attached hydrogens (tertiary/aromatic N) is 3. The van der Waals surface area contributed by atoms with E-state index in [-0.39, 0.29) is 24.9 Å². The maximum absolute atomic E-state index is 12.9. The molecule has 1 aliphatic heterocycles. The first-order chi connectivity index (χ1) is 13.2. The number of benzene rings is 1. The van der Waals surface area contributed by atoms with Crippen LogP contribution < -0.4 is 0 Å². The van der Waals surface area contributed by atoms with Crippen LogP contribution in [0.15, 0.2) is 46.4 Å². The molecule has 0 amide bonds. The molecular weight excluding hydrogens is 410 g/mol. The molecule has 3 rings (SSSR count). The lowest BCUT2D eigenvalue weighted by molar-refractivity contribution is -0.396. The molecule has 28 heavy (non-hydrogen) atoms. The van der Waals surface area contributed by atoms with Gasteiger partial charge in [-0.2, -0.15) is 4.31 Å². The van der Waals surface area contributed by atoms with Gasteiger partial charge in [-0.25, -0.2) is 8.42 Å². The highest BCUT2D eigenvalue weighted by Crippen LogP contribution is 2.37. The first-order valence-electron chi connectivity index (χ1n) is 8.67. The van der Waals surface area contributed by atoms with Gasteiger partial charge in [0, 0.05) is 30.1 Å². The van der Waals surface area contributed by atoms with Crippen LogP contribution in [-0.2, 0) is 10.0 Å². The van der Waals surface area contributed by atoms with Gasteiger partial charge in [0.1, 0.15) is 0 Å². The minimum Gasteiger partial charge on any atom is -0.258 e. The minimum absolute atomic E-state index is 0.0639. The number of sulfonamides is 1. The molecule has 11 heteroatoms. The van der Waals surface area contributed by atoms with E-state index in [1.165, 1.54) is 4.31 Å². The van der Waals surface area contributed by atoms with Crippen LogP contribution >= 0.6 is 11.6 Å². The Hall–Kier alpha value is -2.30. The number of nitro benzene ring substituents is 2. The molecule has 0 spiro atoms. The quantitative estimate of drug-likeness (QED) is 0.401. The summed E-state index contributed by atoms with van der Waals surface area (Å²) in [6.07, 6.45) is 7.93. The third kappa shape index (κ3) is 3.94. The van der Waals surface area contributed by atoms with E-state index in [1.807, 2.05) is 18.2 Å². The highest BCUT2D eigenvalue weighted by molar-refractivity contribution is 7.89. The molecule has 1 aromatic rings. The molecular formula is C17H18ClN3O6S. The Kier molecular flexibility index (Phi) is 5.82. The predicted octanol–water partition coefficient (Wildman–Crippen LogP) is 3.60. The lowest BCUT2D eigenvalue weighted by Crippen LogP contribution is -2.40. The molecule has 0 N–H and O–H groups in total. The van der Waals surface area contributed by atoms with Crippen molar-refractivity contribution in [3.8, 4) is 0 Å². The lowest BCUT2D eigenvalue weighted by atomic mass is 9.82. The van der Waals surface area contributed by atoms with Crippen molar-refractivity contribution in [3.05, 3.63) is 61.7 Å². The number of piperidine rings is 1. The van der Waals surface area contributed by atoms with Gasteiger partial charge < -0.3 is 0 Å². The van der Waals surface area contributed by atoms with Crippen LogP contribution in [0, 0.1) is 32.1 Å². The van der Waals surface area contributed by atoms with Crippen LogP contribution in [0.25, 0.3) is 0 Å². The highest BCUT2D eigenvalue weighted by atomic mass is 35.5. The highest BCUT2D eigenvalue weighted by Gasteiger charge is 2.37. The van der Waals surface area contributed by atoms with Crippen LogP contribution in [0.2, 0.25) is 0 Å². The molecule has 1 aromatic carbocycles. The molecule has 2 aliphatic rings. The minimum atomic E-state index is -4.14. The molecule has 150 valence electrons. The largest absolute Gasteiger partial charge is 0.296 e. The molecule has 0 saturated carbocycles. The number of nitro groups is 2. The third-order valence-corrected chi connectivity index (χ3v) is 7.44. The SMILES string of the molecule is O=[N+]([O-])c1ccc(S(=O)(=O)N2CCC(C3C=CCC=C3Cl)CC2)c([N+](=O)[O-])c1. The molecule has 1 fully saturated rings. The monoisotopic (exact) mass is 427 g/mol. The van der Waals surface area contributed by atoms with Gasteiger partial charge in [-0.1, -0.05) is 29.8 Å². The Morgan fingerprint density at radius 1 is 1.11 bits per heavy atom. The van der Waals surface area contributed by atoms with E-state index >= 15 is 0 Å². The zero-order valence-corrected chi connectivity index (χ0v) is 16.3. The summed E-state index contributed by atoms with van der Waals surface area (Å²) < 4.78 is 27.1. The van der Waals surface area contributed by atoms with Gasteiger partial charge in [0.05, 0.1) is 15.9 Å². The fraction of sp³-hybridized carbons (Fsp3) is 0.412. The summed E-state index contributed by atoms with van der Waals surface area (Å²) in [4.78, 5) is 19.9. The molecule has 0 aromatic heterocycles. The van der Waals surface area contributed by atoms with Crippen molar-refractivity contribution >= 4 is 33.0 Å². The summed E-state index contributed by atoms with van der Waals surface area (Å²) in [5.41, 5.74) is -1.33. The average molecular weight is 428 g/mol. The topological polar surface area (TPSA) is 124 Å². The zero-order chi connectivity index (χ0) is 20.5. The van der Waals surface area contributed by atoms with E-state index in [1.54, 1.807) is 0 Å². The van der Waals surface area contributed by atoms with Crippen molar-refractivity contribution in [2.45, 2.75) is 24.2 Å². The smallest absolute Gasteiger partial charge is 0.258 e. The van der Waals surface area contributed by atoms with E-state index in [0.717, 1.165) is 23.6 Å². The van der Waals surface area contributed by atoms with Gasteiger partial charge in [-0.05, 0) is 31.2 Å². The van der Waals surface area contributed by atoms with Crippen molar-refractivity contribution in [3.63, 3.8) is 0 Å². The molecule has 9 nitrogen and oxygen atoms in total. The Balaban J connectivity index is 1.82. The van der Waals surface area contributed by atoms with Crippen molar-refractivity contribution in [1.82, 2.24) is 4.31 Å². The Bertz CT molecular complexity index is 967. The van der Waals surface area contributed by atoms with Crippen molar-refractivity contribution < 1.29 is 18.3 Å². The lowest BCUT2D eigenvalue weighted by Gasteiger charge is -2.34. The van der Waals surface area contributed by atoms with Crippen LogP contribution in [0.4, 0.5) is 11.4 Å². The van der Waals surface area contributed by atoms with Crippen LogP contribution in [-0.4, -0.2) is 35.7 Å². The second kappa shape index (κ2) is 7.98. The molecule has 0 radical (unpaired) electrons. The van der Waals surface area contributed by atoms with E-state index in [0.29, 0.717) is 18.9 Å². The van der Waals surface area contributed by atoms with E-state index in [4.69, 9.17) is 11.6 Å². The van der Waals surface area contributed by atoms with E-state index in [9.17, 15) is 28.6 Å². The Labute approximate surface area is 166 Å². The van der Waals surface area contributed by atoms with Gasteiger partial charge in [0.15, 0.2) is 4.90 Å². The fourth-order valence-corrected chi connectivity index (χ4v) is 5.56. The molecule has 0 bridgehead atoms. The summed E-state index contributed by atoms with van der Waals surface area (Å²) in [6, 6.07) is 2.57. The van der Waals surface area contributed by atoms with Crippen molar-refractivity contribution in [1.29, 1.82) is 0 Å². The maximum Gasteiger partial charge on any atom is 0.296 e. The van der Waals surface area contributed by atoms with Gasteiger partial charge in [0.25, 0.3) is 11.4 Å². The Morgan fingerprint density at radius 3 is 2.36 bits per heavy atom. The molecule has 1 heterocycles. The van der Waals surface area contributed by atoms with E-state index < -0.39 is 36.1 Å². The van der Waals surface area contributed by atoms with Crippen molar-refractivity contribution in [2.24, 2.45) is 11.8 Å². The number of hydrogen-bond acceptors (Lipinski definition) is 6. The number of halogens is 1.